The van der Waals surface area contributed by atoms with Crippen molar-refractivity contribution in [2.45, 2.75) is 45.2 Å². The summed E-state index contributed by atoms with van der Waals surface area (Å²) in [4.78, 5) is 12.7. The number of nitro groups is 1. The number of non-ortho nitro benzene ring substituents is 1. The van der Waals surface area contributed by atoms with Crippen LogP contribution >= 0.6 is 0 Å². The lowest BCUT2D eigenvalue weighted by Crippen LogP contribution is -2.45. The Kier molecular flexibility index (Phi) is 5.34. The van der Waals surface area contributed by atoms with Crippen LogP contribution in [-0.2, 0) is 0 Å². The zero-order valence-corrected chi connectivity index (χ0v) is 13.0. The van der Waals surface area contributed by atoms with E-state index >= 15 is 0 Å². The van der Waals surface area contributed by atoms with E-state index < -0.39 is 4.92 Å². The minimum Gasteiger partial charge on any atom is -0.491 e. The van der Waals surface area contributed by atoms with Crippen LogP contribution in [0.1, 0.15) is 38.7 Å². The lowest BCUT2D eigenvalue weighted by atomic mass is 9.98. The number of ether oxygens (including phenoxy) is 1. The summed E-state index contributed by atoms with van der Waals surface area (Å²) in [5.74, 6) is 0.286. The first-order chi connectivity index (χ1) is 10.5. The molecule has 2 rings (SSSR count). The molecule has 1 aliphatic heterocycles. The van der Waals surface area contributed by atoms with Crippen LogP contribution in [0.3, 0.4) is 0 Å². The smallest absolute Gasteiger partial charge is 0.273 e. The van der Waals surface area contributed by atoms with Crippen molar-refractivity contribution in [3.05, 3.63) is 33.9 Å². The van der Waals surface area contributed by atoms with Gasteiger partial charge in [0.15, 0.2) is 0 Å². The van der Waals surface area contributed by atoms with Crippen LogP contribution < -0.4 is 4.74 Å². The van der Waals surface area contributed by atoms with Crippen molar-refractivity contribution >= 4 is 5.69 Å². The van der Waals surface area contributed by atoms with Gasteiger partial charge < -0.3 is 4.74 Å². The van der Waals surface area contributed by atoms with E-state index in [2.05, 4.69) is 18.7 Å². The van der Waals surface area contributed by atoms with Gasteiger partial charge in [0.2, 0.25) is 0 Å². The Morgan fingerprint density at radius 2 is 2.09 bits per heavy atom. The summed E-state index contributed by atoms with van der Waals surface area (Å²) in [6, 6.07) is 7.12. The third-order valence-corrected chi connectivity index (χ3v) is 4.28. The van der Waals surface area contributed by atoms with Gasteiger partial charge in [-0.15, -0.1) is 0 Å². The number of likely N-dealkylation sites (tertiary alicyclic amines) is 1. The van der Waals surface area contributed by atoms with Crippen LogP contribution in [0.25, 0.3) is 0 Å². The standard InChI is InChI=1S/C16H21N3O3/c1-12-4-3-5-13(2)18(12)8-9-22-16-10-15(19(20)21)7-6-14(16)11-17/h6-7,10,12-13H,3-5,8-9H2,1-2H3/t12-,13-/m0/s1. The largest absolute Gasteiger partial charge is 0.491 e. The summed E-state index contributed by atoms with van der Waals surface area (Å²) < 4.78 is 5.65. The van der Waals surface area contributed by atoms with E-state index in [9.17, 15) is 10.1 Å². The van der Waals surface area contributed by atoms with Crippen molar-refractivity contribution in [3.63, 3.8) is 0 Å². The fourth-order valence-electron chi connectivity index (χ4n) is 3.01. The first-order valence-electron chi connectivity index (χ1n) is 7.60. The molecule has 2 atom stereocenters. The summed E-state index contributed by atoms with van der Waals surface area (Å²) in [7, 11) is 0. The van der Waals surface area contributed by atoms with E-state index in [0.717, 1.165) is 6.54 Å². The van der Waals surface area contributed by atoms with E-state index in [1.165, 1.54) is 37.5 Å². The predicted octanol–water partition coefficient (Wildman–Crippen LogP) is 3.11. The van der Waals surface area contributed by atoms with Gasteiger partial charge in [0.25, 0.3) is 5.69 Å². The molecule has 1 saturated heterocycles. The fraction of sp³-hybridized carbons (Fsp3) is 0.562. The maximum Gasteiger partial charge on any atom is 0.273 e. The van der Waals surface area contributed by atoms with Crippen molar-refractivity contribution in [2.75, 3.05) is 13.2 Å². The number of benzene rings is 1. The van der Waals surface area contributed by atoms with E-state index in [0.29, 0.717) is 24.3 Å². The Balaban J connectivity index is 2.00. The Bertz CT molecular complexity index is 572. The maximum atomic E-state index is 10.8. The average molecular weight is 303 g/mol. The summed E-state index contributed by atoms with van der Waals surface area (Å²) >= 11 is 0. The molecule has 22 heavy (non-hydrogen) atoms. The first-order valence-corrected chi connectivity index (χ1v) is 7.60. The fourth-order valence-corrected chi connectivity index (χ4v) is 3.01. The van der Waals surface area contributed by atoms with Gasteiger partial charge in [0.1, 0.15) is 18.4 Å². The predicted molar refractivity (Wildman–Crippen MR) is 82.8 cm³/mol. The molecule has 0 N–H and O–H groups in total. The first kappa shape index (κ1) is 16.2. The van der Waals surface area contributed by atoms with E-state index in [4.69, 9.17) is 10.00 Å². The molecule has 0 amide bonds. The van der Waals surface area contributed by atoms with Crippen molar-refractivity contribution in [1.82, 2.24) is 4.90 Å². The number of piperidine rings is 1. The zero-order valence-electron chi connectivity index (χ0n) is 13.0. The molecule has 1 fully saturated rings. The highest BCUT2D eigenvalue weighted by molar-refractivity contribution is 5.49. The lowest BCUT2D eigenvalue weighted by molar-refractivity contribution is -0.384. The quantitative estimate of drug-likeness (QED) is 0.617. The van der Waals surface area contributed by atoms with Gasteiger partial charge in [-0.05, 0) is 32.8 Å². The maximum absolute atomic E-state index is 10.8. The molecular weight excluding hydrogens is 282 g/mol. The molecule has 1 aromatic carbocycles. The topological polar surface area (TPSA) is 79.4 Å². The molecule has 0 bridgehead atoms. The highest BCUT2D eigenvalue weighted by atomic mass is 16.6. The number of rotatable bonds is 5. The van der Waals surface area contributed by atoms with Crippen LogP contribution in [0.2, 0.25) is 0 Å². The summed E-state index contributed by atoms with van der Waals surface area (Å²) in [5.41, 5.74) is 0.263. The second kappa shape index (κ2) is 7.23. The van der Waals surface area contributed by atoms with Crippen LogP contribution in [0.4, 0.5) is 5.69 Å². The molecule has 0 unspecified atom stereocenters. The number of nitro benzene ring substituents is 1. The zero-order chi connectivity index (χ0) is 16.1. The Morgan fingerprint density at radius 1 is 1.41 bits per heavy atom. The average Bonchev–Trinajstić information content (AvgIpc) is 2.50. The minimum absolute atomic E-state index is 0.0614. The van der Waals surface area contributed by atoms with Crippen molar-refractivity contribution in [1.29, 1.82) is 5.26 Å². The number of nitrogens with zero attached hydrogens (tertiary/aromatic N) is 3. The van der Waals surface area contributed by atoms with Crippen LogP contribution in [0, 0.1) is 21.4 Å². The molecule has 6 nitrogen and oxygen atoms in total. The van der Waals surface area contributed by atoms with Crippen molar-refractivity contribution in [2.24, 2.45) is 0 Å². The Hall–Kier alpha value is -2.13. The molecule has 1 heterocycles. The van der Waals surface area contributed by atoms with Gasteiger partial charge in [0, 0.05) is 24.7 Å². The molecular formula is C16H21N3O3. The molecule has 0 aliphatic carbocycles. The molecule has 0 spiro atoms. The highest BCUT2D eigenvalue weighted by Gasteiger charge is 2.24. The highest BCUT2D eigenvalue weighted by Crippen LogP contribution is 2.25. The third-order valence-electron chi connectivity index (χ3n) is 4.28. The van der Waals surface area contributed by atoms with Crippen LogP contribution in [0.15, 0.2) is 18.2 Å². The normalized spacial score (nSPS) is 22.0. The number of nitriles is 1. The van der Waals surface area contributed by atoms with E-state index in [1.54, 1.807) is 0 Å². The number of hydrogen-bond acceptors (Lipinski definition) is 5. The lowest BCUT2D eigenvalue weighted by Gasteiger charge is -2.38. The van der Waals surface area contributed by atoms with Gasteiger partial charge in [-0.3, -0.25) is 15.0 Å². The molecule has 6 heteroatoms. The van der Waals surface area contributed by atoms with Crippen LogP contribution in [0.5, 0.6) is 5.75 Å². The summed E-state index contributed by atoms with van der Waals surface area (Å²) in [6.45, 7) is 5.61. The third kappa shape index (κ3) is 3.74. The Morgan fingerprint density at radius 3 is 2.68 bits per heavy atom. The Labute approximate surface area is 130 Å². The van der Waals surface area contributed by atoms with Gasteiger partial charge in [-0.2, -0.15) is 5.26 Å². The number of hydrogen-bond donors (Lipinski definition) is 0. The van der Waals surface area contributed by atoms with Gasteiger partial charge in [0.05, 0.1) is 16.6 Å². The SMILES string of the molecule is C[C@H]1CCC[C@H](C)N1CCOc1cc([N+](=O)[O-])ccc1C#N. The summed E-state index contributed by atoms with van der Waals surface area (Å²) in [5, 5.41) is 19.9. The van der Waals surface area contributed by atoms with Gasteiger partial charge in [-0.25, -0.2) is 0 Å². The molecule has 118 valence electrons. The molecule has 0 saturated carbocycles. The van der Waals surface area contributed by atoms with Crippen LogP contribution in [-0.4, -0.2) is 35.1 Å². The van der Waals surface area contributed by atoms with Crippen molar-refractivity contribution < 1.29 is 9.66 Å². The van der Waals surface area contributed by atoms with E-state index in [1.807, 2.05) is 6.07 Å². The molecule has 1 aliphatic rings. The molecule has 0 aromatic heterocycles. The van der Waals surface area contributed by atoms with Gasteiger partial charge >= 0.3 is 0 Å². The van der Waals surface area contributed by atoms with Gasteiger partial charge in [-0.1, -0.05) is 6.42 Å². The second-order valence-corrected chi connectivity index (χ2v) is 5.76. The monoisotopic (exact) mass is 303 g/mol. The summed E-state index contributed by atoms with van der Waals surface area (Å²) in [6.07, 6.45) is 3.62. The minimum atomic E-state index is -0.483. The molecule has 1 aromatic rings. The second-order valence-electron chi connectivity index (χ2n) is 5.76. The van der Waals surface area contributed by atoms with Crippen molar-refractivity contribution in [3.8, 4) is 11.8 Å². The van der Waals surface area contributed by atoms with E-state index in [-0.39, 0.29) is 11.4 Å². The molecule has 0 radical (unpaired) electrons.